The summed E-state index contributed by atoms with van der Waals surface area (Å²) in [5.74, 6) is -0.445. The molecule has 0 atom stereocenters. The minimum atomic E-state index is -0.445. The van der Waals surface area contributed by atoms with Crippen molar-refractivity contribution in [2.45, 2.75) is 0 Å². The third-order valence-electron chi connectivity index (χ3n) is 4.27. The van der Waals surface area contributed by atoms with Crippen molar-refractivity contribution in [2.75, 3.05) is 36.0 Å². The topological polar surface area (TPSA) is 92.7 Å². The predicted molar refractivity (Wildman–Crippen MR) is 100 cm³/mol. The number of nitrogens with two attached hydrogens (primary N) is 1. The van der Waals surface area contributed by atoms with E-state index >= 15 is 0 Å². The lowest BCUT2D eigenvalue weighted by atomic mass is 10.1. The van der Waals surface area contributed by atoms with Gasteiger partial charge < -0.3 is 15.5 Å². The van der Waals surface area contributed by atoms with E-state index in [1.165, 1.54) is 6.07 Å². The number of hydrogen-bond donors (Lipinski definition) is 1. The number of anilines is 2. The first-order valence-corrected chi connectivity index (χ1v) is 8.59. The number of hydrogen-bond acceptors (Lipinski definition) is 5. The van der Waals surface area contributed by atoms with Crippen LogP contribution < -0.4 is 15.5 Å². The predicted octanol–water partition coefficient (Wildman–Crippen LogP) is 2.78. The van der Waals surface area contributed by atoms with Gasteiger partial charge in [0.2, 0.25) is 5.91 Å². The summed E-state index contributed by atoms with van der Waals surface area (Å²) in [5.41, 5.74) is 7.49. The molecule has 0 bridgehead atoms. The maximum absolute atomic E-state index is 11.3. The van der Waals surface area contributed by atoms with E-state index in [9.17, 15) is 14.9 Å². The fourth-order valence-corrected chi connectivity index (χ4v) is 3.30. The van der Waals surface area contributed by atoms with Crippen LogP contribution in [0, 0.1) is 10.1 Å². The van der Waals surface area contributed by atoms with Crippen molar-refractivity contribution in [1.29, 1.82) is 0 Å². The first kappa shape index (κ1) is 17.2. The molecule has 2 N–H and O–H groups in total. The van der Waals surface area contributed by atoms with Crippen molar-refractivity contribution >= 4 is 38.9 Å². The van der Waals surface area contributed by atoms with Gasteiger partial charge in [0, 0.05) is 48.0 Å². The highest BCUT2D eigenvalue weighted by molar-refractivity contribution is 9.10. The second-order valence-electron chi connectivity index (χ2n) is 5.78. The highest BCUT2D eigenvalue weighted by Gasteiger charge is 2.24. The average Bonchev–Trinajstić information content (AvgIpc) is 2.62. The Kier molecular flexibility index (Phi) is 4.89. The van der Waals surface area contributed by atoms with Gasteiger partial charge in [0.15, 0.2) is 0 Å². The highest BCUT2D eigenvalue weighted by atomic mass is 79.9. The standard InChI is InChI=1S/C17H17BrN4O3/c18-13-3-6-15(16(11-13)22(24)25)21-9-7-20(8-10-21)14-4-1-12(2-5-14)17(19)23/h1-6,11H,7-10H2,(H2,19,23). The summed E-state index contributed by atoms with van der Waals surface area (Å²) in [6, 6.07) is 12.3. The molecular formula is C17H17BrN4O3. The molecule has 0 aliphatic carbocycles. The largest absolute Gasteiger partial charge is 0.368 e. The number of carbonyl (C=O) groups excluding carboxylic acids is 1. The fraction of sp³-hybridized carbons (Fsp3) is 0.235. The number of nitro groups is 1. The van der Waals surface area contributed by atoms with E-state index < -0.39 is 5.91 Å². The Morgan fingerprint density at radius 3 is 2.20 bits per heavy atom. The maximum atomic E-state index is 11.3. The third kappa shape index (κ3) is 3.74. The van der Waals surface area contributed by atoms with Gasteiger partial charge in [-0.3, -0.25) is 14.9 Å². The quantitative estimate of drug-likeness (QED) is 0.624. The van der Waals surface area contributed by atoms with Gasteiger partial charge in [-0.15, -0.1) is 0 Å². The molecular weight excluding hydrogens is 388 g/mol. The lowest BCUT2D eigenvalue weighted by Crippen LogP contribution is -2.46. The van der Waals surface area contributed by atoms with Gasteiger partial charge in [-0.2, -0.15) is 0 Å². The Hall–Kier alpha value is -2.61. The van der Waals surface area contributed by atoms with Gasteiger partial charge in [0.25, 0.3) is 5.69 Å². The first-order chi connectivity index (χ1) is 12.0. The van der Waals surface area contributed by atoms with Crippen LogP contribution in [0.2, 0.25) is 0 Å². The molecule has 1 amide bonds. The molecule has 0 spiro atoms. The van der Waals surface area contributed by atoms with E-state index in [0.717, 1.165) is 18.8 Å². The molecule has 7 nitrogen and oxygen atoms in total. The third-order valence-corrected chi connectivity index (χ3v) is 4.76. The van der Waals surface area contributed by atoms with Crippen LogP contribution in [0.3, 0.4) is 0 Å². The zero-order valence-electron chi connectivity index (χ0n) is 13.4. The number of primary amides is 1. The summed E-state index contributed by atoms with van der Waals surface area (Å²) < 4.78 is 0.691. The van der Waals surface area contributed by atoms with Gasteiger partial charge in [0.05, 0.1) is 4.92 Å². The number of amides is 1. The lowest BCUT2D eigenvalue weighted by molar-refractivity contribution is -0.384. The molecule has 8 heteroatoms. The number of nitrogens with zero attached hydrogens (tertiary/aromatic N) is 3. The molecule has 0 saturated carbocycles. The van der Waals surface area contributed by atoms with Crippen LogP contribution in [0.4, 0.5) is 17.1 Å². The molecule has 0 radical (unpaired) electrons. The highest BCUT2D eigenvalue weighted by Crippen LogP contribution is 2.32. The molecule has 25 heavy (non-hydrogen) atoms. The summed E-state index contributed by atoms with van der Waals surface area (Å²) in [4.78, 5) is 26.3. The SMILES string of the molecule is NC(=O)c1ccc(N2CCN(c3ccc(Br)cc3[N+](=O)[O-])CC2)cc1. The van der Waals surface area contributed by atoms with Gasteiger partial charge in [-0.05, 0) is 36.4 Å². The van der Waals surface area contributed by atoms with Crippen LogP contribution in [0.15, 0.2) is 46.9 Å². The molecule has 0 aromatic heterocycles. The summed E-state index contributed by atoms with van der Waals surface area (Å²) in [7, 11) is 0. The van der Waals surface area contributed by atoms with Crippen molar-refractivity contribution in [2.24, 2.45) is 5.73 Å². The molecule has 2 aromatic carbocycles. The van der Waals surface area contributed by atoms with Crippen molar-refractivity contribution in [1.82, 2.24) is 0 Å². The monoisotopic (exact) mass is 404 g/mol. The molecule has 1 fully saturated rings. The molecule has 130 valence electrons. The van der Waals surface area contributed by atoms with Crippen LogP contribution in [-0.2, 0) is 0 Å². The van der Waals surface area contributed by atoms with E-state index in [1.807, 2.05) is 23.1 Å². The summed E-state index contributed by atoms with van der Waals surface area (Å²) in [6.45, 7) is 2.84. The van der Waals surface area contributed by atoms with Gasteiger partial charge in [0.1, 0.15) is 5.69 Å². The lowest BCUT2D eigenvalue weighted by Gasteiger charge is -2.37. The Balaban J connectivity index is 1.72. The van der Waals surface area contributed by atoms with Crippen LogP contribution in [0.1, 0.15) is 10.4 Å². The van der Waals surface area contributed by atoms with Crippen LogP contribution in [0.25, 0.3) is 0 Å². The number of rotatable bonds is 4. The molecule has 1 heterocycles. The summed E-state index contributed by atoms with van der Waals surface area (Å²) in [5, 5.41) is 11.3. The second-order valence-corrected chi connectivity index (χ2v) is 6.69. The van der Waals surface area contributed by atoms with E-state index in [1.54, 1.807) is 18.2 Å². The van der Waals surface area contributed by atoms with Crippen LogP contribution in [0.5, 0.6) is 0 Å². The zero-order chi connectivity index (χ0) is 18.0. The number of carbonyl (C=O) groups is 1. The maximum Gasteiger partial charge on any atom is 0.293 e. The van der Waals surface area contributed by atoms with Crippen molar-refractivity contribution in [3.05, 3.63) is 62.6 Å². The molecule has 1 saturated heterocycles. The Morgan fingerprint density at radius 2 is 1.64 bits per heavy atom. The molecule has 1 aliphatic heterocycles. The minimum Gasteiger partial charge on any atom is -0.368 e. The van der Waals surface area contributed by atoms with Crippen molar-refractivity contribution in [3.63, 3.8) is 0 Å². The molecule has 1 aliphatic rings. The Morgan fingerprint density at radius 1 is 1.04 bits per heavy atom. The zero-order valence-corrected chi connectivity index (χ0v) is 15.0. The van der Waals surface area contributed by atoms with Crippen LogP contribution >= 0.6 is 15.9 Å². The number of nitro benzene ring substituents is 1. The average molecular weight is 405 g/mol. The smallest absolute Gasteiger partial charge is 0.293 e. The fourth-order valence-electron chi connectivity index (χ4n) is 2.95. The van der Waals surface area contributed by atoms with Crippen LogP contribution in [-0.4, -0.2) is 37.0 Å². The number of halogens is 1. The van der Waals surface area contributed by atoms with Gasteiger partial charge in [-0.1, -0.05) is 15.9 Å². The molecule has 3 rings (SSSR count). The van der Waals surface area contributed by atoms with Crippen molar-refractivity contribution < 1.29 is 9.72 Å². The van der Waals surface area contributed by atoms with Crippen molar-refractivity contribution in [3.8, 4) is 0 Å². The number of piperazine rings is 1. The molecule has 2 aromatic rings. The summed E-state index contributed by atoms with van der Waals surface area (Å²) in [6.07, 6.45) is 0. The number of benzene rings is 2. The Bertz CT molecular complexity index is 802. The Labute approximate surface area is 153 Å². The van der Waals surface area contributed by atoms with Gasteiger partial charge in [-0.25, -0.2) is 0 Å². The minimum absolute atomic E-state index is 0.105. The van der Waals surface area contributed by atoms with E-state index in [-0.39, 0.29) is 10.6 Å². The molecule has 0 unspecified atom stereocenters. The first-order valence-electron chi connectivity index (χ1n) is 7.79. The normalized spacial score (nSPS) is 14.4. The van der Waals surface area contributed by atoms with Gasteiger partial charge >= 0.3 is 0 Å². The van der Waals surface area contributed by atoms with E-state index in [4.69, 9.17) is 5.73 Å². The summed E-state index contributed by atoms with van der Waals surface area (Å²) >= 11 is 3.28. The van der Waals surface area contributed by atoms with E-state index in [2.05, 4.69) is 20.8 Å². The van der Waals surface area contributed by atoms with E-state index in [0.29, 0.717) is 28.8 Å². The second kappa shape index (κ2) is 7.10.